The lowest BCUT2D eigenvalue weighted by Gasteiger charge is -2.25. The smallest absolute Gasteiger partial charge is 0.264 e. The zero-order chi connectivity index (χ0) is 30.1. The van der Waals surface area contributed by atoms with Crippen LogP contribution in [0.1, 0.15) is 16.7 Å². The maximum Gasteiger partial charge on any atom is 0.264 e. The fraction of sp³-hybridized carbons (Fsp3) is 0.161. The van der Waals surface area contributed by atoms with E-state index in [1.807, 2.05) is 31.2 Å². The second kappa shape index (κ2) is 14.0. The molecule has 0 heterocycles. The number of hydrazone groups is 1. The minimum atomic E-state index is -4.10. The highest BCUT2D eigenvalue weighted by molar-refractivity contribution is 9.10. The number of hydrogen-bond donors (Lipinski definition) is 1. The van der Waals surface area contributed by atoms with Crippen molar-refractivity contribution < 1.29 is 27.4 Å². The number of carbonyl (C=O) groups is 1. The van der Waals surface area contributed by atoms with Crippen molar-refractivity contribution in [3.63, 3.8) is 0 Å². The van der Waals surface area contributed by atoms with Gasteiger partial charge >= 0.3 is 0 Å². The average Bonchev–Trinajstić information content (AvgIpc) is 3.00. The summed E-state index contributed by atoms with van der Waals surface area (Å²) >= 11 is 3.52. The van der Waals surface area contributed by atoms with E-state index in [1.165, 1.54) is 38.1 Å². The first-order valence-electron chi connectivity index (χ1n) is 12.8. The number of sulfonamides is 1. The van der Waals surface area contributed by atoms with Gasteiger partial charge in [0.15, 0.2) is 11.5 Å². The van der Waals surface area contributed by atoms with Crippen LogP contribution in [0.5, 0.6) is 17.2 Å². The molecule has 4 rings (SSSR count). The monoisotopic (exact) mass is 651 g/mol. The number of benzene rings is 4. The Kier molecular flexibility index (Phi) is 10.2. The summed E-state index contributed by atoms with van der Waals surface area (Å²) in [4.78, 5) is 13.0. The molecule has 0 unspecified atom stereocenters. The standard InChI is InChI=1S/C31H30BrN3O6S/c1-22-13-15-23(16-14-22)21-41-31-26(32)17-24(18-29(31)40-3)19-33-34-30(36)20-35(27-11-7-8-12-28(27)39-2)42(37,38)25-9-5-4-6-10-25/h4-19H,20-21H2,1-3H3,(H,34,36)/b33-19-. The highest BCUT2D eigenvalue weighted by Gasteiger charge is 2.29. The molecule has 4 aromatic carbocycles. The van der Waals surface area contributed by atoms with Crippen LogP contribution in [-0.4, -0.2) is 41.3 Å². The molecule has 0 fully saturated rings. The number of para-hydroxylation sites is 2. The SMILES string of the molecule is COc1ccccc1N(CC(=O)N/N=C\c1cc(Br)c(OCc2ccc(C)cc2)c(OC)c1)S(=O)(=O)c1ccccc1. The first kappa shape index (κ1) is 30.6. The van der Waals surface area contributed by atoms with Gasteiger partial charge < -0.3 is 14.2 Å². The first-order valence-corrected chi connectivity index (χ1v) is 15.0. The quantitative estimate of drug-likeness (QED) is 0.156. The third kappa shape index (κ3) is 7.48. The zero-order valence-electron chi connectivity index (χ0n) is 23.3. The molecule has 0 radical (unpaired) electrons. The molecular weight excluding hydrogens is 622 g/mol. The summed E-state index contributed by atoms with van der Waals surface area (Å²) in [6, 6.07) is 26.0. The highest BCUT2D eigenvalue weighted by Crippen LogP contribution is 2.37. The molecule has 4 aromatic rings. The van der Waals surface area contributed by atoms with Crippen LogP contribution in [0.3, 0.4) is 0 Å². The lowest BCUT2D eigenvalue weighted by Crippen LogP contribution is -2.39. The number of anilines is 1. The van der Waals surface area contributed by atoms with Crippen LogP contribution in [0.25, 0.3) is 0 Å². The maximum absolute atomic E-state index is 13.6. The highest BCUT2D eigenvalue weighted by atomic mass is 79.9. The van der Waals surface area contributed by atoms with Crippen molar-refractivity contribution in [2.24, 2.45) is 5.10 Å². The van der Waals surface area contributed by atoms with Gasteiger partial charge in [-0.1, -0.05) is 60.2 Å². The van der Waals surface area contributed by atoms with Crippen LogP contribution < -0.4 is 23.9 Å². The van der Waals surface area contributed by atoms with Gasteiger partial charge in [-0.15, -0.1) is 0 Å². The third-order valence-corrected chi connectivity index (χ3v) is 8.49. The van der Waals surface area contributed by atoms with Crippen LogP contribution in [-0.2, 0) is 21.4 Å². The van der Waals surface area contributed by atoms with Gasteiger partial charge in [-0.05, 0) is 70.4 Å². The summed E-state index contributed by atoms with van der Waals surface area (Å²) in [6.07, 6.45) is 1.42. The molecule has 218 valence electrons. The molecule has 0 atom stereocenters. The van der Waals surface area contributed by atoms with Gasteiger partial charge in [0, 0.05) is 0 Å². The van der Waals surface area contributed by atoms with Crippen LogP contribution >= 0.6 is 15.9 Å². The fourth-order valence-corrected chi connectivity index (χ4v) is 6.02. The van der Waals surface area contributed by atoms with E-state index in [-0.39, 0.29) is 10.6 Å². The van der Waals surface area contributed by atoms with Gasteiger partial charge in [-0.3, -0.25) is 9.10 Å². The summed E-state index contributed by atoms with van der Waals surface area (Å²) in [7, 11) is -1.14. The number of amides is 1. The molecule has 0 aliphatic heterocycles. The van der Waals surface area contributed by atoms with Crippen LogP contribution in [0.15, 0.2) is 105 Å². The van der Waals surface area contributed by atoms with Crippen molar-refractivity contribution in [1.82, 2.24) is 5.43 Å². The molecule has 0 bridgehead atoms. The molecule has 1 amide bonds. The second-order valence-electron chi connectivity index (χ2n) is 9.10. The molecule has 42 heavy (non-hydrogen) atoms. The van der Waals surface area contributed by atoms with E-state index in [2.05, 4.69) is 26.5 Å². The number of carbonyl (C=O) groups excluding carboxylic acids is 1. The van der Waals surface area contributed by atoms with Gasteiger partial charge in [0.2, 0.25) is 0 Å². The number of halogens is 1. The Morgan fingerprint density at radius 2 is 1.60 bits per heavy atom. The second-order valence-corrected chi connectivity index (χ2v) is 11.8. The molecule has 0 aromatic heterocycles. The van der Waals surface area contributed by atoms with Crippen molar-refractivity contribution in [1.29, 1.82) is 0 Å². The Bertz CT molecular complexity index is 1660. The van der Waals surface area contributed by atoms with E-state index < -0.39 is 22.5 Å². The molecule has 9 nitrogen and oxygen atoms in total. The van der Waals surface area contributed by atoms with Crippen molar-refractivity contribution in [2.45, 2.75) is 18.4 Å². The van der Waals surface area contributed by atoms with E-state index in [9.17, 15) is 13.2 Å². The van der Waals surface area contributed by atoms with Gasteiger partial charge in [0.05, 0.1) is 35.5 Å². The van der Waals surface area contributed by atoms with Crippen molar-refractivity contribution in [2.75, 3.05) is 25.1 Å². The van der Waals surface area contributed by atoms with Gasteiger partial charge in [0.1, 0.15) is 18.9 Å². The van der Waals surface area contributed by atoms with Crippen molar-refractivity contribution in [3.8, 4) is 17.2 Å². The number of aryl methyl sites for hydroxylation is 1. The molecule has 0 aliphatic carbocycles. The van der Waals surface area contributed by atoms with E-state index in [0.29, 0.717) is 33.9 Å². The van der Waals surface area contributed by atoms with Gasteiger partial charge in [0.25, 0.3) is 15.9 Å². The summed E-state index contributed by atoms with van der Waals surface area (Å²) < 4.78 is 45.6. The summed E-state index contributed by atoms with van der Waals surface area (Å²) in [6.45, 7) is 1.84. The molecule has 1 N–H and O–H groups in total. The number of nitrogens with zero attached hydrogens (tertiary/aromatic N) is 2. The summed E-state index contributed by atoms with van der Waals surface area (Å²) in [5.74, 6) is 0.647. The lowest BCUT2D eigenvalue weighted by atomic mass is 10.2. The molecule has 0 saturated heterocycles. The minimum absolute atomic E-state index is 0.0360. The van der Waals surface area contributed by atoms with Gasteiger partial charge in [-0.2, -0.15) is 5.10 Å². The molecule has 0 saturated carbocycles. The van der Waals surface area contributed by atoms with Crippen molar-refractivity contribution in [3.05, 3.63) is 112 Å². The van der Waals surface area contributed by atoms with Crippen molar-refractivity contribution >= 4 is 43.8 Å². The van der Waals surface area contributed by atoms with E-state index >= 15 is 0 Å². The number of ether oxygens (including phenoxy) is 3. The largest absolute Gasteiger partial charge is 0.495 e. The molecule has 0 aliphatic rings. The number of methoxy groups -OCH3 is 2. The summed E-state index contributed by atoms with van der Waals surface area (Å²) in [5.41, 5.74) is 5.42. The molecule has 11 heteroatoms. The third-order valence-electron chi connectivity index (χ3n) is 6.13. The normalized spacial score (nSPS) is 11.2. The Balaban J connectivity index is 1.50. The Morgan fingerprint density at radius 1 is 0.929 bits per heavy atom. The van der Waals surface area contributed by atoms with E-state index in [0.717, 1.165) is 9.87 Å². The predicted molar refractivity (Wildman–Crippen MR) is 166 cm³/mol. The van der Waals surface area contributed by atoms with Gasteiger partial charge in [-0.25, -0.2) is 13.8 Å². The van der Waals surface area contributed by atoms with Crippen LogP contribution in [0, 0.1) is 6.92 Å². The lowest BCUT2D eigenvalue weighted by molar-refractivity contribution is -0.119. The fourth-order valence-electron chi connectivity index (χ4n) is 3.99. The van der Waals surface area contributed by atoms with Crippen LogP contribution in [0.2, 0.25) is 0 Å². The molecule has 0 spiro atoms. The Hall–Kier alpha value is -4.35. The average molecular weight is 653 g/mol. The van der Waals surface area contributed by atoms with E-state index in [1.54, 1.807) is 54.6 Å². The Morgan fingerprint density at radius 3 is 2.29 bits per heavy atom. The summed E-state index contributed by atoms with van der Waals surface area (Å²) in [5, 5.41) is 4.04. The maximum atomic E-state index is 13.6. The zero-order valence-corrected chi connectivity index (χ0v) is 25.7. The molecular formula is C31H30BrN3O6S. The first-order chi connectivity index (χ1) is 20.2. The Labute approximate surface area is 253 Å². The van der Waals surface area contributed by atoms with Crippen LogP contribution in [0.4, 0.5) is 5.69 Å². The van der Waals surface area contributed by atoms with E-state index in [4.69, 9.17) is 14.2 Å². The number of nitrogens with one attached hydrogen (secondary N) is 1. The number of hydrogen-bond acceptors (Lipinski definition) is 7. The number of rotatable bonds is 12. The topological polar surface area (TPSA) is 107 Å². The minimum Gasteiger partial charge on any atom is -0.495 e. The predicted octanol–water partition coefficient (Wildman–Crippen LogP) is 5.70.